The van der Waals surface area contributed by atoms with Crippen LogP contribution in [0.15, 0.2) is 24.3 Å². The summed E-state index contributed by atoms with van der Waals surface area (Å²) in [7, 11) is 5.81. The third kappa shape index (κ3) is 9.42. The van der Waals surface area contributed by atoms with Gasteiger partial charge in [-0.3, -0.25) is 0 Å². The molecule has 7 heteroatoms. The lowest BCUT2D eigenvalue weighted by Gasteiger charge is -2.12. The highest BCUT2D eigenvalue weighted by Crippen LogP contribution is 2.11. The van der Waals surface area contributed by atoms with Gasteiger partial charge in [0.25, 0.3) is 0 Å². The number of carboxylic acids is 2. The Morgan fingerprint density at radius 2 is 1.67 bits per heavy atom. The van der Waals surface area contributed by atoms with Gasteiger partial charge in [0.15, 0.2) is 0 Å². The van der Waals surface area contributed by atoms with Gasteiger partial charge in [0.1, 0.15) is 0 Å². The van der Waals surface area contributed by atoms with Crippen molar-refractivity contribution < 1.29 is 24.5 Å². The predicted molar refractivity (Wildman–Crippen MR) is 79.6 cm³/mol. The zero-order valence-corrected chi connectivity index (χ0v) is 12.5. The summed E-state index contributed by atoms with van der Waals surface area (Å²) < 4.78 is 4.96. The van der Waals surface area contributed by atoms with Crippen molar-refractivity contribution in [2.45, 2.75) is 6.54 Å². The Labute approximate surface area is 124 Å². The Kier molecular flexibility index (Phi) is 9.57. The van der Waals surface area contributed by atoms with Crippen molar-refractivity contribution in [1.82, 2.24) is 5.32 Å². The molecule has 7 nitrogen and oxygen atoms in total. The van der Waals surface area contributed by atoms with E-state index in [1.807, 2.05) is 14.1 Å². The number of methoxy groups -OCH3 is 1. The van der Waals surface area contributed by atoms with E-state index in [9.17, 15) is 0 Å². The molecule has 21 heavy (non-hydrogen) atoms. The number of anilines is 1. The van der Waals surface area contributed by atoms with Crippen LogP contribution in [0, 0.1) is 0 Å². The van der Waals surface area contributed by atoms with Gasteiger partial charge < -0.3 is 25.2 Å². The van der Waals surface area contributed by atoms with Crippen LogP contribution in [0.5, 0.6) is 0 Å². The van der Waals surface area contributed by atoms with Crippen molar-refractivity contribution in [3.8, 4) is 0 Å². The van der Waals surface area contributed by atoms with Crippen LogP contribution in [0.1, 0.15) is 5.56 Å². The van der Waals surface area contributed by atoms with Gasteiger partial charge in [0, 0.05) is 40.0 Å². The fourth-order valence-corrected chi connectivity index (χ4v) is 1.32. The van der Waals surface area contributed by atoms with Crippen molar-refractivity contribution in [3.05, 3.63) is 29.8 Å². The van der Waals surface area contributed by atoms with Gasteiger partial charge in [0.05, 0.1) is 6.61 Å². The molecule has 0 amide bonds. The molecule has 0 fully saturated rings. The minimum atomic E-state index is -1.82. The fourth-order valence-electron chi connectivity index (χ4n) is 1.32. The molecule has 0 aliphatic carbocycles. The van der Waals surface area contributed by atoms with Crippen molar-refractivity contribution in [3.63, 3.8) is 0 Å². The maximum absolute atomic E-state index is 9.10. The highest BCUT2D eigenvalue weighted by Gasteiger charge is 2.04. The Bertz CT molecular complexity index is 419. The minimum Gasteiger partial charge on any atom is -0.473 e. The normalized spacial score (nSPS) is 9.48. The lowest BCUT2D eigenvalue weighted by atomic mass is 10.2. The number of carboxylic acid groups (broad SMARTS) is 2. The smallest absolute Gasteiger partial charge is 0.414 e. The Hall–Kier alpha value is -2.12. The van der Waals surface area contributed by atoms with Crippen molar-refractivity contribution >= 4 is 17.6 Å². The first kappa shape index (κ1) is 18.9. The van der Waals surface area contributed by atoms with E-state index in [4.69, 9.17) is 24.5 Å². The number of nitrogens with one attached hydrogen (secondary N) is 1. The number of aliphatic carboxylic acids is 2. The Balaban J connectivity index is 0.000000567. The number of benzene rings is 1. The first-order valence-electron chi connectivity index (χ1n) is 6.30. The summed E-state index contributed by atoms with van der Waals surface area (Å²) in [5.41, 5.74) is 2.53. The molecule has 1 rings (SSSR count). The molecule has 0 aromatic heterocycles. The van der Waals surface area contributed by atoms with E-state index in [-0.39, 0.29) is 0 Å². The number of carbonyl (C=O) groups is 2. The van der Waals surface area contributed by atoms with E-state index in [1.165, 1.54) is 11.3 Å². The van der Waals surface area contributed by atoms with E-state index in [0.29, 0.717) is 0 Å². The molecule has 0 bridgehead atoms. The molecule has 0 aliphatic heterocycles. The summed E-state index contributed by atoms with van der Waals surface area (Å²) in [5.74, 6) is -3.65. The van der Waals surface area contributed by atoms with Crippen LogP contribution >= 0.6 is 0 Å². The molecule has 1 aromatic rings. The van der Waals surface area contributed by atoms with Gasteiger partial charge in [-0.05, 0) is 17.7 Å². The quantitative estimate of drug-likeness (QED) is 0.523. The van der Waals surface area contributed by atoms with E-state index < -0.39 is 11.9 Å². The van der Waals surface area contributed by atoms with Crippen LogP contribution in [-0.2, 0) is 20.9 Å². The summed E-state index contributed by atoms with van der Waals surface area (Å²) in [6.07, 6.45) is 0. The van der Waals surface area contributed by atoms with Crippen molar-refractivity contribution in [2.24, 2.45) is 0 Å². The zero-order valence-electron chi connectivity index (χ0n) is 12.5. The zero-order chi connectivity index (χ0) is 16.3. The number of ether oxygens (including phenoxy) is 1. The van der Waals surface area contributed by atoms with E-state index >= 15 is 0 Å². The van der Waals surface area contributed by atoms with Crippen molar-refractivity contribution in [1.29, 1.82) is 0 Å². The molecule has 0 spiro atoms. The van der Waals surface area contributed by atoms with Gasteiger partial charge in [-0.1, -0.05) is 12.1 Å². The van der Waals surface area contributed by atoms with Gasteiger partial charge in [-0.25, -0.2) is 9.59 Å². The number of hydrogen-bond acceptors (Lipinski definition) is 5. The highest BCUT2D eigenvalue weighted by molar-refractivity contribution is 6.27. The topological polar surface area (TPSA) is 99.1 Å². The molecule has 0 heterocycles. The molecular formula is C14H22N2O5. The Morgan fingerprint density at radius 3 is 2.05 bits per heavy atom. The van der Waals surface area contributed by atoms with Crippen LogP contribution in [0.2, 0.25) is 0 Å². The molecule has 0 aliphatic rings. The lowest BCUT2D eigenvalue weighted by Crippen LogP contribution is -2.18. The third-order valence-corrected chi connectivity index (χ3v) is 2.45. The second-order valence-electron chi connectivity index (χ2n) is 4.34. The summed E-state index contributed by atoms with van der Waals surface area (Å²) >= 11 is 0. The molecule has 1 aromatic carbocycles. The lowest BCUT2D eigenvalue weighted by molar-refractivity contribution is -0.159. The van der Waals surface area contributed by atoms with Crippen LogP contribution in [0.25, 0.3) is 0 Å². The van der Waals surface area contributed by atoms with Crippen molar-refractivity contribution in [2.75, 3.05) is 39.3 Å². The van der Waals surface area contributed by atoms with Gasteiger partial charge in [-0.2, -0.15) is 0 Å². The summed E-state index contributed by atoms with van der Waals surface area (Å²) in [4.78, 5) is 20.3. The fraction of sp³-hybridized carbons (Fsp3) is 0.429. The molecular weight excluding hydrogens is 276 g/mol. The second kappa shape index (κ2) is 10.6. The number of nitrogens with zero attached hydrogens (tertiary/aromatic N) is 1. The largest absolute Gasteiger partial charge is 0.473 e. The maximum Gasteiger partial charge on any atom is 0.414 e. The van der Waals surface area contributed by atoms with E-state index in [2.05, 4.69) is 34.5 Å². The predicted octanol–water partition coefficient (Wildman–Crippen LogP) is 0.644. The third-order valence-electron chi connectivity index (χ3n) is 2.45. The van der Waals surface area contributed by atoms with Crippen LogP contribution in [0.4, 0.5) is 5.69 Å². The number of hydrogen-bond donors (Lipinski definition) is 3. The first-order chi connectivity index (χ1) is 9.88. The van der Waals surface area contributed by atoms with Crippen LogP contribution in [-0.4, -0.2) is 56.5 Å². The highest BCUT2D eigenvalue weighted by atomic mass is 16.5. The maximum atomic E-state index is 9.10. The molecule has 0 unspecified atom stereocenters. The van der Waals surface area contributed by atoms with E-state index in [1.54, 1.807) is 7.11 Å². The molecule has 3 N–H and O–H groups in total. The average Bonchev–Trinajstić information content (AvgIpc) is 2.44. The summed E-state index contributed by atoms with van der Waals surface area (Å²) in [6.45, 7) is 2.55. The average molecular weight is 298 g/mol. The second-order valence-corrected chi connectivity index (χ2v) is 4.34. The minimum absolute atomic E-state index is 0.760. The van der Waals surface area contributed by atoms with Gasteiger partial charge >= 0.3 is 11.9 Å². The molecule has 0 saturated heterocycles. The Morgan fingerprint density at radius 1 is 1.14 bits per heavy atom. The van der Waals surface area contributed by atoms with Gasteiger partial charge in [-0.15, -0.1) is 0 Å². The molecule has 0 saturated carbocycles. The standard InChI is InChI=1S/C12H20N2O.C2H2O4/c1-14(2)12-6-4-11(5-7-12)10-13-8-9-15-3;3-1(4)2(5)6/h4-7,13H,8-10H2,1-3H3;(H,3,4)(H,5,6). The van der Waals surface area contributed by atoms with E-state index in [0.717, 1.165) is 19.7 Å². The monoisotopic (exact) mass is 298 g/mol. The molecule has 0 atom stereocenters. The molecule has 0 radical (unpaired) electrons. The SMILES string of the molecule is COCCNCc1ccc(N(C)C)cc1.O=C(O)C(=O)O. The van der Waals surface area contributed by atoms with Gasteiger partial charge in [0.2, 0.25) is 0 Å². The summed E-state index contributed by atoms with van der Waals surface area (Å²) in [5, 5.41) is 18.1. The summed E-state index contributed by atoms with van der Waals surface area (Å²) in [6, 6.07) is 8.56. The number of rotatable bonds is 6. The van der Waals surface area contributed by atoms with Crippen LogP contribution < -0.4 is 10.2 Å². The van der Waals surface area contributed by atoms with Crippen LogP contribution in [0.3, 0.4) is 0 Å². The first-order valence-corrected chi connectivity index (χ1v) is 6.30. The molecule has 118 valence electrons.